The SMILES string of the molecule is N#Cc1cc2c(cc1C#N)C(=O)C(=Cc1cc3c(s1)C1=CC4C=C5C(=CC4C=C1C3(C(=O)OCc1ccccc1)C(=O)OCc1ccccc1)c1sc(/C=C3\C(=O)c4cc(C#N)c(C#N)nc4C3=O)cc1C5(C(=O)OCc1ccccc1)C(=O)OCc1ccccc1)C2=O. The molecule has 0 N–H and O–H groups in total. The van der Waals surface area contributed by atoms with E-state index in [2.05, 4.69) is 4.98 Å². The highest BCUT2D eigenvalue weighted by molar-refractivity contribution is 7.15. The molecule has 0 amide bonds. The van der Waals surface area contributed by atoms with Crippen LogP contribution in [0.25, 0.3) is 23.3 Å². The second kappa shape index (κ2) is 23.4. The lowest BCUT2D eigenvalue weighted by molar-refractivity contribution is -0.166. The van der Waals surface area contributed by atoms with Crippen LogP contribution in [0.1, 0.15) is 117 Å². The van der Waals surface area contributed by atoms with E-state index in [0.29, 0.717) is 43.2 Å². The molecule has 17 nitrogen and oxygen atoms in total. The van der Waals surface area contributed by atoms with Crippen molar-refractivity contribution in [2.45, 2.75) is 37.3 Å². The Balaban J connectivity index is 0.954. The highest BCUT2D eigenvalue weighted by atomic mass is 32.1. The minimum absolute atomic E-state index is 0.0731. The summed E-state index contributed by atoms with van der Waals surface area (Å²) in [6.07, 6.45) is 9.77. The highest BCUT2D eigenvalue weighted by Crippen LogP contribution is 2.62. The third-order valence-corrected chi connectivity index (χ3v) is 19.5. The number of benzene rings is 5. The zero-order valence-corrected chi connectivity index (χ0v) is 50.5. The van der Waals surface area contributed by atoms with Gasteiger partial charge in [-0.25, -0.2) is 4.98 Å². The van der Waals surface area contributed by atoms with Gasteiger partial charge in [-0.2, -0.15) is 21.0 Å². The zero-order chi connectivity index (χ0) is 65.2. The summed E-state index contributed by atoms with van der Waals surface area (Å²) in [6, 6.07) is 49.3. The first kappa shape index (κ1) is 59.2. The summed E-state index contributed by atoms with van der Waals surface area (Å²) in [5.74, 6) is -8.66. The lowest BCUT2D eigenvalue weighted by Gasteiger charge is -2.35. The molecule has 0 saturated heterocycles. The van der Waals surface area contributed by atoms with Gasteiger partial charge in [-0.3, -0.25) is 38.4 Å². The van der Waals surface area contributed by atoms with E-state index in [9.17, 15) is 40.2 Å². The van der Waals surface area contributed by atoms with E-state index in [4.69, 9.17) is 18.9 Å². The van der Waals surface area contributed by atoms with E-state index < -0.39 is 69.7 Å². The van der Waals surface area contributed by atoms with Gasteiger partial charge in [0.25, 0.3) is 0 Å². The average Bonchev–Trinajstić information content (AvgIpc) is 1.52. The van der Waals surface area contributed by atoms with Gasteiger partial charge in [0.1, 0.15) is 56.4 Å². The lowest BCUT2D eigenvalue weighted by atomic mass is 9.68. The summed E-state index contributed by atoms with van der Waals surface area (Å²) < 4.78 is 24.9. The third kappa shape index (κ3) is 9.50. The molecule has 0 saturated carbocycles. The van der Waals surface area contributed by atoms with Crippen molar-refractivity contribution in [3.8, 4) is 24.3 Å². The molecule has 5 aromatic carbocycles. The summed E-state index contributed by atoms with van der Waals surface area (Å²) in [5, 5.41) is 39.2. The minimum atomic E-state index is -2.40. The average molecular weight is 1270 g/mol. The van der Waals surface area contributed by atoms with Crippen molar-refractivity contribution in [3.05, 3.63) is 296 Å². The molecule has 0 spiro atoms. The number of ether oxygens (including phenoxy) is 4. The molecule has 14 rings (SSSR count). The molecule has 0 fully saturated rings. The maximum atomic E-state index is 15.8. The van der Waals surface area contributed by atoms with Crippen molar-refractivity contribution in [1.29, 1.82) is 21.0 Å². The van der Waals surface area contributed by atoms with Gasteiger partial charge < -0.3 is 18.9 Å². The van der Waals surface area contributed by atoms with Crippen LogP contribution < -0.4 is 0 Å². The van der Waals surface area contributed by atoms with Gasteiger partial charge in [0, 0.05) is 53.6 Å². The number of carbonyl (C=O) groups excluding carboxylic acids is 8. The lowest BCUT2D eigenvalue weighted by Crippen LogP contribution is -2.47. The van der Waals surface area contributed by atoms with Crippen molar-refractivity contribution < 1.29 is 57.3 Å². The molecule has 19 heteroatoms. The number of hydrogen-bond acceptors (Lipinski definition) is 19. The fourth-order valence-electron chi connectivity index (χ4n) is 12.8. The van der Waals surface area contributed by atoms with Crippen LogP contribution in [-0.4, -0.2) is 52.0 Å². The minimum Gasteiger partial charge on any atom is -0.459 e. The number of nitriles is 4. The molecular weight excluding hydrogens is 1230 g/mol. The van der Waals surface area contributed by atoms with Gasteiger partial charge in [0.05, 0.1) is 33.4 Å². The van der Waals surface area contributed by atoms with Crippen LogP contribution in [0.3, 0.4) is 0 Å². The summed E-state index contributed by atoms with van der Waals surface area (Å²) in [5.41, 5.74) is -3.22. The van der Waals surface area contributed by atoms with Crippen molar-refractivity contribution in [3.63, 3.8) is 0 Å². The van der Waals surface area contributed by atoms with Gasteiger partial charge in [0.2, 0.25) is 16.6 Å². The van der Waals surface area contributed by atoms with E-state index in [1.54, 1.807) is 140 Å². The zero-order valence-electron chi connectivity index (χ0n) is 48.8. The second-order valence-corrected chi connectivity index (χ2v) is 24.8. The van der Waals surface area contributed by atoms with Crippen LogP contribution in [0.5, 0.6) is 0 Å². The van der Waals surface area contributed by atoms with Crippen LogP contribution >= 0.6 is 22.7 Å². The molecule has 0 radical (unpaired) electrons. The van der Waals surface area contributed by atoms with Gasteiger partial charge in [0.15, 0.2) is 23.0 Å². The third-order valence-electron chi connectivity index (χ3n) is 17.3. The summed E-state index contributed by atoms with van der Waals surface area (Å²) >= 11 is 2.11. The van der Waals surface area contributed by atoms with Gasteiger partial charge in [-0.05, 0) is 87.0 Å². The molecule has 3 aromatic heterocycles. The number of thiophene rings is 2. The Hall–Kier alpha value is -12.4. The number of rotatable bonds is 14. The fourth-order valence-corrected chi connectivity index (χ4v) is 15.2. The number of carbonyl (C=O) groups is 8. The van der Waals surface area contributed by atoms with Crippen LogP contribution in [-0.2, 0) is 75.4 Å². The molecule has 3 heterocycles. The van der Waals surface area contributed by atoms with Crippen molar-refractivity contribution >= 4 is 93.0 Å². The van der Waals surface area contributed by atoms with E-state index >= 15 is 19.2 Å². The number of allylic oxidation sites excluding steroid dienone is 8. The monoisotopic (exact) mass is 1270 g/mol. The van der Waals surface area contributed by atoms with Crippen LogP contribution in [0.2, 0.25) is 0 Å². The van der Waals surface area contributed by atoms with Crippen molar-refractivity contribution in [2.75, 3.05) is 0 Å². The number of hydrogen-bond donors (Lipinski definition) is 0. The normalized spacial score (nSPS) is 17.3. The Morgan fingerprint density at radius 2 is 0.777 bits per heavy atom. The van der Waals surface area contributed by atoms with Crippen LogP contribution in [0.15, 0.2) is 198 Å². The number of fused-ring (bicyclic) bond motifs is 9. The predicted molar refractivity (Wildman–Crippen MR) is 339 cm³/mol. The number of pyridine rings is 1. The molecule has 8 aromatic rings. The fraction of sp³-hybridized carbons (Fsp3) is 0.107. The summed E-state index contributed by atoms with van der Waals surface area (Å²) in [7, 11) is 0. The first-order valence-corrected chi connectivity index (χ1v) is 30.8. The Morgan fingerprint density at radius 1 is 0.436 bits per heavy atom. The maximum Gasteiger partial charge on any atom is 0.333 e. The van der Waals surface area contributed by atoms with Gasteiger partial charge in [-0.15, -0.1) is 22.7 Å². The smallest absolute Gasteiger partial charge is 0.333 e. The number of nitrogens with zero attached hydrogens (tertiary/aromatic N) is 5. The topological polar surface area (TPSA) is 282 Å². The standard InChI is InChI=1S/C75H41N5O12S2/c76-32-46-23-51-52(24-47(46)33-77)65(82)56(64(51)81)28-49-30-60-68(93-49)53-21-44-27-59-54(22-45(44)26-58(53)74(60,70(85)89-36-40-13-5-1-6-14-40)71(86)90-37-41-15-7-2-8-16-41)69-61(31-50(94-69)29-57-66(83)55-25-48(34-78)62(35-79)80-63(55)67(57)84)75(59,72(87)91-38-42-17-9-3-10-18-42)73(88)92-39-43-19-11-4-12-20-43/h1-31,44-45H,36-39H2/b57-29+. The molecular formula is C75H41N5O12S2. The van der Waals surface area contributed by atoms with Crippen molar-refractivity contribution in [1.82, 2.24) is 4.98 Å². The Kier molecular flexibility index (Phi) is 14.8. The van der Waals surface area contributed by atoms with Gasteiger partial charge >= 0.3 is 23.9 Å². The van der Waals surface area contributed by atoms with E-state index in [-0.39, 0.29) is 114 Å². The molecule has 2 unspecified atom stereocenters. The summed E-state index contributed by atoms with van der Waals surface area (Å²) in [6.45, 7) is -1.12. The van der Waals surface area contributed by atoms with E-state index in [1.807, 2.05) is 30.4 Å². The summed E-state index contributed by atoms with van der Waals surface area (Å²) in [4.78, 5) is 125. The Labute approximate surface area is 542 Å². The van der Waals surface area contributed by atoms with Crippen LogP contribution in [0.4, 0.5) is 0 Å². The largest absolute Gasteiger partial charge is 0.459 e. The van der Waals surface area contributed by atoms with Gasteiger partial charge in [-0.1, -0.05) is 146 Å². The Bertz CT molecular complexity index is 4600. The van der Waals surface area contributed by atoms with Crippen molar-refractivity contribution in [2.24, 2.45) is 11.8 Å². The highest BCUT2D eigenvalue weighted by Gasteiger charge is 2.64. The maximum absolute atomic E-state index is 15.8. The number of Topliss-reactive ketones (excluding diaryl/α,β-unsaturated/α-hetero) is 4. The first-order valence-electron chi connectivity index (χ1n) is 29.2. The molecule has 6 aliphatic carbocycles. The number of esters is 4. The quantitative estimate of drug-likeness (QED) is 0.0321. The molecule has 450 valence electrons. The predicted octanol–water partition coefficient (Wildman–Crippen LogP) is 11.7. The Morgan fingerprint density at radius 3 is 1.13 bits per heavy atom. The molecule has 94 heavy (non-hydrogen) atoms. The molecule has 0 bridgehead atoms. The first-order chi connectivity index (χ1) is 45.7. The second-order valence-electron chi connectivity index (χ2n) is 22.6. The molecule has 6 aliphatic rings. The molecule has 0 aliphatic heterocycles. The van der Waals surface area contributed by atoms with E-state index in [0.717, 1.165) is 28.7 Å². The van der Waals surface area contributed by atoms with Crippen LogP contribution in [0, 0.1) is 57.2 Å². The number of aromatic nitrogens is 1. The van der Waals surface area contributed by atoms with E-state index in [1.165, 1.54) is 36.4 Å². The number of ketones is 4. The molecule has 2 atom stereocenters.